The summed E-state index contributed by atoms with van der Waals surface area (Å²) in [6.45, 7) is 4.07. The average molecular weight is 282 g/mol. The highest BCUT2D eigenvalue weighted by molar-refractivity contribution is 7.16. The first-order valence-corrected chi connectivity index (χ1v) is 6.88. The van der Waals surface area contributed by atoms with Gasteiger partial charge in [-0.25, -0.2) is 0 Å². The lowest BCUT2D eigenvalue weighted by Crippen LogP contribution is -2.12. The number of halogens is 1. The molecule has 0 bridgehead atoms. The predicted octanol–water partition coefficient (Wildman–Crippen LogP) is 4.08. The summed E-state index contributed by atoms with van der Waals surface area (Å²) in [5.74, 6) is 0.896. The molecule has 0 aliphatic rings. The molecule has 4 heteroatoms. The summed E-state index contributed by atoms with van der Waals surface area (Å²) < 4.78 is 6.08. The zero-order chi connectivity index (χ0) is 13.3. The normalized spacial score (nSPS) is 12.5. The van der Waals surface area contributed by atoms with Gasteiger partial charge < -0.3 is 10.5 Å². The van der Waals surface area contributed by atoms with Crippen molar-refractivity contribution in [1.82, 2.24) is 0 Å². The van der Waals surface area contributed by atoms with Crippen LogP contribution in [-0.2, 0) is 0 Å². The van der Waals surface area contributed by atoms with Crippen molar-refractivity contribution in [3.63, 3.8) is 0 Å². The summed E-state index contributed by atoms with van der Waals surface area (Å²) in [5.41, 5.74) is 9.65. The molecule has 2 aromatic rings. The van der Waals surface area contributed by atoms with E-state index in [0.29, 0.717) is 0 Å². The molecule has 0 spiro atoms. The molecule has 1 unspecified atom stereocenters. The third-order valence-corrected chi connectivity index (χ3v) is 4.33. The molecular weight excluding hydrogens is 266 g/mol. The standard InChI is InChI=1S/C14H16ClNOS/c1-8-7-11(17-3)9(2)6-10(8)14(16)12-4-5-13(15)18-12/h4-7,14H,16H2,1-3H3. The average Bonchev–Trinajstić information content (AvgIpc) is 2.77. The van der Waals surface area contributed by atoms with Crippen molar-refractivity contribution in [1.29, 1.82) is 0 Å². The Morgan fingerprint density at radius 2 is 1.94 bits per heavy atom. The Morgan fingerprint density at radius 3 is 2.50 bits per heavy atom. The van der Waals surface area contributed by atoms with Gasteiger partial charge in [0.2, 0.25) is 0 Å². The molecule has 2 rings (SSSR count). The van der Waals surface area contributed by atoms with E-state index >= 15 is 0 Å². The minimum absolute atomic E-state index is 0.132. The van der Waals surface area contributed by atoms with Crippen molar-refractivity contribution in [3.05, 3.63) is 50.2 Å². The van der Waals surface area contributed by atoms with Gasteiger partial charge in [-0.2, -0.15) is 0 Å². The maximum atomic E-state index is 6.30. The van der Waals surface area contributed by atoms with Crippen molar-refractivity contribution in [2.75, 3.05) is 7.11 Å². The van der Waals surface area contributed by atoms with Crippen LogP contribution in [0.2, 0.25) is 4.34 Å². The summed E-state index contributed by atoms with van der Waals surface area (Å²) in [6, 6.07) is 7.85. The quantitative estimate of drug-likeness (QED) is 0.920. The second-order valence-corrected chi connectivity index (χ2v) is 6.04. The summed E-state index contributed by atoms with van der Waals surface area (Å²) >= 11 is 7.48. The van der Waals surface area contributed by atoms with Crippen LogP contribution in [0.4, 0.5) is 0 Å². The van der Waals surface area contributed by atoms with Gasteiger partial charge in [-0.3, -0.25) is 0 Å². The minimum Gasteiger partial charge on any atom is -0.496 e. The highest BCUT2D eigenvalue weighted by Gasteiger charge is 2.15. The van der Waals surface area contributed by atoms with Crippen LogP contribution < -0.4 is 10.5 Å². The monoisotopic (exact) mass is 281 g/mol. The van der Waals surface area contributed by atoms with Crippen LogP contribution in [0, 0.1) is 13.8 Å². The number of benzene rings is 1. The molecule has 2 nitrogen and oxygen atoms in total. The van der Waals surface area contributed by atoms with Crippen LogP contribution in [0.3, 0.4) is 0 Å². The van der Waals surface area contributed by atoms with Crippen molar-refractivity contribution in [2.24, 2.45) is 5.73 Å². The van der Waals surface area contributed by atoms with E-state index in [1.165, 1.54) is 11.3 Å². The van der Waals surface area contributed by atoms with Gasteiger partial charge in [-0.05, 0) is 48.7 Å². The van der Waals surface area contributed by atoms with Crippen LogP contribution in [0.5, 0.6) is 5.75 Å². The van der Waals surface area contributed by atoms with Crippen LogP contribution in [-0.4, -0.2) is 7.11 Å². The number of rotatable bonds is 3. The molecule has 0 aliphatic carbocycles. The Bertz CT molecular complexity index is 565. The SMILES string of the molecule is COc1cc(C)c(C(N)c2ccc(Cl)s2)cc1C. The van der Waals surface area contributed by atoms with Crippen LogP contribution in [0.1, 0.15) is 27.6 Å². The van der Waals surface area contributed by atoms with E-state index in [2.05, 4.69) is 6.07 Å². The zero-order valence-electron chi connectivity index (χ0n) is 10.7. The Labute approximate surface area is 116 Å². The van der Waals surface area contributed by atoms with Crippen LogP contribution >= 0.6 is 22.9 Å². The molecule has 0 saturated heterocycles. The summed E-state index contributed by atoms with van der Waals surface area (Å²) in [7, 11) is 1.68. The molecule has 2 N–H and O–H groups in total. The smallest absolute Gasteiger partial charge is 0.122 e. The fourth-order valence-electron chi connectivity index (χ4n) is 2.02. The largest absolute Gasteiger partial charge is 0.496 e. The van der Waals surface area contributed by atoms with E-state index in [4.69, 9.17) is 22.1 Å². The second-order valence-electron chi connectivity index (χ2n) is 4.30. The molecule has 1 aromatic carbocycles. The summed E-state index contributed by atoms with van der Waals surface area (Å²) in [5, 5.41) is 0. The van der Waals surface area contributed by atoms with Crippen molar-refractivity contribution >= 4 is 22.9 Å². The van der Waals surface area contributed by atoms with Gasteiger partial charge in [0.1, 0.15) is 5.75 Å². The number of nitrogens with two attached hydrogens (primary N) is 1. The molecule has 1 aromatic heterocycles. The van der Waals surface area contributed by atoms with Gasteiger partial charge >= 0.3 is 0 Å². The zero-order valence-corrected chi connectivity index (χ0v) is 12.2. The number of aryl methyl sites for hydroxylation is 2. The van der Waals surface area contributed by atoms with Gasteiger partial charge in [0.25, 0.3) is 0 Å². The highest BCUT2D eigenvalue weighted by atomic mass is 35.5. The van der Waals surface area contributed by atoms with E-state index in [1.807, 2.05) is 32.0 Å². The van der Waals surface area contributed by atoms with Crippen molar-refractivity contribution in [2.45, 2.75) is 19.9 Å². The van der Waals surface area contributed by atoms with E-state index < -0.39 is 0 Å². The molecule has 18 heavy (non-hydrogen) atoms. The molecule has 96 valence electrons. The number of ether oxygens (including phenoxy) is 1. The maximum Gasteiger partial charge on any atom is 0.122 e. The molecule has 0 aliphatic heterocycles. The Morgan fingerprint density at radius 1 is 1.22 bits per heavy atom. The molecular formula is C14H16ClNOS. The first kappa shape index (κ1) is 13.4. The third-order valence-electron chi connectivity index (χ3n) is 3.02. The predicted molar refractivity (Wildman–Crippen MR) is 77.8 cm³/mol. The fraction of sp³-hybridized carbons (Fsp3) is 0.286. The van der Waals surface area contributed by atoms with Gasteiger partial charge in [0.05, 0.1) is 17.5 Å². The number of hydrogen-bond acceptors (Lipinski definition) is 3. The van der Waals surface area contributed by atoms with E-state index in [1.54, 1.807) is 7.11 Å². The molecule has 0 amide bonds. The topological polar surface area (TPSA) is 35.2 Å². The highest BCUT2D eigenvalue weighted by Crippen LogP contribution is 2.33. The first-order chi connectivity index (χ1) is 8.52. The Kier molecular flexibility index (Phi) is 3.95. The third kappa shape index (κ3) is 2.53. The maximum absolute atomic E-state index is 6.30. The fourth-order valence-corrected chi connectivity index (χ4v) is 3.10. The Hall–Kier alpha value is -1.03. The lowest BCUT2D eigenvalue weighted by molar-refractivity contribution is 0.411. The van der Waals surface area contributed by atoms with E-state index in [9.17, 15) is 0 Å². The second kappa shape index (κ2) is 5.31. The number of hydrogen-bond donors (Lipinski definition) is 1. The van der Waals surface area contributed by atoms with Gasteiger partial charge in [0, 0.05) is 4.88 Å². The van der Waals surface area contributed by atoms with Crippen LogP contribution in [0.25, 0.3) is 0 Å². The van der Waals surface area contributed by atoms with Gasteiger partial charge in [-0.15, -0.1) is 11.3 Å². The molecule has 0 saturated carbocycles. The first-order valence-electron chi connectivity index (χ1n) is 5.69. The van der Waals surface area contributed by atoms with E-state index in [0.717, 1.165) is 31.7 Å². The van der Waals surface area contributed by atoms with Gasteiger partial charge in [-0.1, -0.05) is 17.7 Å². The van der Waals surface area contributed by atoms with Crippen molar-refractivity contribution < 1.29 is 4.74 Å². The lowest BCUT2D eigenvalue weighted by atomic mass is 9.98. The Balaban J connectivity index is 2.42. The number of methoxy groups -OCH3 is 1. The summed E-state index contributed by atoms with van der Waals surface area (Å²) in [6.07, 6.45) is 0. The molecule has 1 heterocycles. The molecule has 1 atom stereocenters. The molecule has 0 radical (unpaired) electrons. The molecule has 0 fully saturated rings. The van der Waals surface area contributed by atoms with E-state index in [-0.39, 0.29) is 6.04 Å². The minimum atomic E-state index is -0.132. The van der Waals surface area contributed by atoms with Crippen molar-refractivity contribution in [3.8, 4) is 5.75 Å². The van der Waals surface area contributed by atoms with Gasteiger partial charge in [0.15, 0.2) is 0 Å². The number of thiophene rings is 1. The summed E-state index contributed by atoms with van der Waals surface area (Å²) in [4.78, 5) is 1.08. The lowest BCUT2D eigenvalue weighted by Gasteiger charge is -2.16. The van der Waals surface area contributed by atoms with Crippen LogP contribution in [0.15, 0.2) is 24.3 Å².